The zero-order chi connectivity index (χ0) is 15.2. The lowest BCUT2D eigenvalue weighted by Crippen LogP contribution is -2.30. The van der Waals surface area contributed by atoms with E-state index in [1.54, 1.807) is 20.4 Å². The highest BCUT2D eigenvalue weighted by atomic mass is 35.5. The Labute approximate surface area is 129 Å². The van der Waals surface area contributed by atoms with E-state index in [0.717, 1.165) is 12.1 Å². The van der Waals surface area contributed by atoms with Gasteiger partial charge in [-0.1, -0.05) is 11.6 Å². The third kappa shape index (κ3) is 4.12. The van der Waals surface area contributed by atoms with Crippen molar-refractivity contribution < 1.29 is 9.47 Å². The number of ether oxygens (including phenoxy) is 2. The average molecular weight is 310 g/mol. The predicted octanol–water partition coefficient (Wildman–Crippen LogP) is 2.73. The predicted molar refractivity (Wildman–Crippen MR) is 83.1 cm³/mol. The maximum absolute atomic E-state index is 6.20. The van der Waals surface area contributed by atoms with Crippen LogP contribution in [0, 0.1) is 0 Å². The Bertz CT molecular complexity index is 573. The summed E-state index contributed by atoms with van der Waals surface area (Å²) in [5.41, 5.74) is 1.05. The second-order valence-corrected chi connectivity index (χ2v) is 5.23. The first-order valence-corrected chi connectivity index (χ1v) is 7.13. The first kappa shape index (κ1) is 15.7. The molecule has 114 valence electrons. The summed E-state index contributed by atoms with van der Waals surface area (Å²) in [5.74, 6) is 1.20. The number of nitrogens with one attached hydrogen (secondary N) is 1. The van der Waals surface area contributed by atoms with Crippen LogP contribution in [0.5, 0.6) is 11.5 Å². The summed E-state index contributed by atoms with van der Waals surface area (Å²) in [5, 5.41) is 8.18. The van der Waals surface area contributed by atoms with Crippen molar-refractivity contribution in [1.29, 1.82) is 0 Å². The number of aromatic nitrogens is 2. The lowest BCUT2D eigenvalue weighted by Gasteiger charge is -2.16. The largest absolute Gasteiger partial charge is 0.493 e. The van der Waals surface area contributed by atoms with Gasteiger partial charge in [0.2, 0.25) is 0 Å². The van der Waals surface area contributed by atoms with E-state index < -0.39 is 0 Å². The first-order valence-electron chi connectivity index (χ1n) is 6.75. The molecule has 1 N–H and O–H groups in total. The van der Waals surface area contributed by atoms with Crippen LogP contribution in [-0.4, -0.2) is 30.0 Å². The molecule has 2 aromatic rings. The van der Waals surface area contributed by atoms with Gasteiger partial charge in [0.1, 0.15) is 0 Å². The van der Waals surface area contributed by atoms with Crippen LogP contribution in [0.15, 0.2) is 30.6 Å². The minimum absolute atomic E-state index is 0.289. The van der Waals surface area contributed by atoms with E-state index in [0.29, 0.717) is 23.1 Å². The van der Waals surface area contributed by atoms with E-state index in [2.05, 4.69) is 17.3 Å². The minimum atomic E-state index is 0.289. The lowest BCUT2D eigenvalue weighted by atomic mass is 10.2. The minimum Gasteiger partial charge on any atom is -0.493 e. The summed E-state index contributed by atoms with van der Waals surface area (Å²) < 4.78 is 12.4. The molecule has 0 spiro atoms. The van der Waals surface area contributed by atoms with Crippen molar-refractivity contribution in [3.05, 3.63) is 41.2 Å². The summed E-state index contributed by atoms with van der Waals surface area (Å²) in [6.45, 7) is 3.63. The molecule has 5 nitrogen and oxygen atoms in total. The molecule has 1 aromatic carbocycles. The van der Waals surface area contributed by atoms with Gasteiger partial charge >= 0.3 is 0 Å². The summed E-state index contributed by atoms with van der Waals surface area (Å²) in [7, 11) is 3.18. The molecule has 0 fully saturated rings. The van der Waals surface area contributed by atoms with E-state index in [1.807, 2.05) is 29.1 Å². The second kappa shape index (κ2) is 7.33. The van der Waals surface area contributed by atoms with Crippen molar-refractivity contribution in [3.63, 3.8) is 0 Å². The number of nitrogens with zero attached hydrogens (tertiary/aromatic N) is 2. The molecule has 0 amide bonds. The molecule has 0 aliphatic heterocycles. The monoisotopic (exact) mass is 309 g/mol. The Hall–Kier alpha value is -1.72. The third-order valence-corrected chi connectivity index (χ3v) is 3.45. The van der Waals surface area contributed by atoms with Gasteiger partial charge in [-0.15, -0.1) is 0 Å². The molecule has 6 heteroatoms. The summed E-state index contributed by atoms with van der Waals surface area (Å²) in [4.78, 5) is 0. The van der Waals surface area contributed by atoms with E-state index in [-0.39, 0.29) is 6.04 Å². The SMILES string of the molecule is COc1cc(CN[C@@H](C)Cn2cccn2)cc(Cl)c1OC. The van der Waals surface area contributed by atoms with Gasteiger partial charge in [-0.25, -0.2) is 0 Å². The average Bonchev–Trinajstić information content (AvgIpc) is 2.97. The Balaban J connectivity index is 1.98. The normalized spacial score (nSPS) is 12.2. The van der Waals surface area contributed by atoms with Crippen LogP contribution in [0.2, 0.25) is 5.02 Å². The maximum Gasteiger partial charge on any atom is 0.179 e. The highest BCUT2D eigenvalue weighted by Gasteiger charge is 2.11. The van der Waals surface area contributed by atoms with Crippen molar-refractivity contribution in [1.82, 2.24) is 15.1 Å². The zero-order valence-corrected chi connectivity index (χ0v) is 13.2. The molecule has 1 atom stereocenters. The molecule has 0 aliphatic rings. The van der Waals surface area contributed by atoms with Gasteiger partial charge in [-0.2, -0.15) is 5.10 Å². The Morgan fingerprint density at radius 2 is 2.14 bits per heavy atom. The fraction of sp³-hybridized carbons (Fsp3) is 0.400. The molecule has 0 saturated heterocycles. The van der Waals surface area contributed by atoms with Gasteiger partial charge in [-0.3, -0.25) is 4.68 Å². The van der Waals surface area contributed by atoms with Crippen molar-refractivity contribution >= 4 is 11.6 Å². The zero-order valence-electron chi connectivity index (χ0n) is 12.5. The maximum atomic E-state index is 6.20. The smallest absolute Gasteiger partial charge is 0.179 e. The van der Waals surface area contributed by atoms with Gasteiger partial charge < -0.3 is 14.8 Å². The molecule has 0 bridgehead atoms. The quantitative estimate of drug-likeness (QED) is 0.854. The fourth-order valence-corrected chi connectivity index (χ4v) is 2.43. The fourth-order valence-electron chi connectivity index (χ4n) is 2.12. The molecule has 1 aromatic heterocycles. The number of hydrogen-bond donors (Lipinski definition) is 1. The highest BCUT2D eigenvalue weighted by Crippen LogP contribution is 2.35. The van der Waals surface area contributed by atoms with Gasteiger partial charge in [-0.05, 0) is 30.7 Å². The molecule has 1 heterocycles. The van der Waals surface area contributed by atoms with E-state index >= 15 is 0 Å². The van der Waals surface area contributed by atoms with Crippen molar-refractivity contribution in [3.8, 4) is 11.5 Å². The lowest BCUT2D eigenvalue weighted by molar-refractivity contribution is 0.354. The standard InChI is InChI=1S/C15H20ClN3O2/c1-11(10-19-6-4-5-18-19)17-9-12-7-13(16)15(21-3)14(8-12)20-2/h4-8,11,17H,9-10H2,1-3H3/t11-/m0/s1. The van der Waals surface area contributed by atoms with Crippen LogP contribution in [0.25, 0.3) is 0 Å². The number of rotatable bonds is 7. The molecule has 0 aliphatic carbocycles. The Kier molecular flexibility index (Phi) is 5.47. The Morgan fingerprint density at radius 1 is 1.33 bits per heavy atom. The summed E-state index contributed by atoms with van der Waals surface area (Å²) >= 11 is 6.20. The van der Waals surface area contributed by atoms with Gasteiger partial charge in [0.15, 0.2) is 11.5 Å². The van der Waals surface area contributed by atoms with Crippen molar-refractivity contribution in [2.45, 2.75) is 26.1 Å². The van der Waals surface area contributed by atoms with Crippen LogP contribution in [0.1, 0.15) is 12.5 Å². The third-order valence-electron chi connectivity index (χ3n) is 3.17. The van der Waals surface area contributed by atoms with Crippen LogP contribution in [0.4, 0.5) is 0 Å². The van der Waals surface area contributed by atoms with Crippen molar-refractivity contribution in [2.24, 2.45) is 0 Å². The van der Waals surface area contributed by atoms with Gasteiger partial charge in [0, 0.05) is 25.0 Å². The molecule has 0 radical (unpaired) electrons. The molecular weight excluding hydrogens is 290 g/mol. The van der Waals surface area contributed by atoms with E-state index in [1.165, 1.54) is 0 Å². The summed E-state index contributed by atoms with van der Waals surface area (Å²) in [6.07, 6.45) is 3.73. The van der Waals surface area contributed by atoms with Crippen molar-refractivity contribution in [2.75, 3.05) is 14.2 Å². The molecular formula is C15H20ClN3O2. The van der Waals surface area contributed by atoms with Gasteiger partial charge in [0.05, 0.1) is 25.8 Å². The molecule has 0 unspecified atom stereocenters. The number of halogens is 1. The van der Waals surface area contributed by atoms with E-state index in [9.17, 15) is 0 Å². The number of benzene rings is 1. The van der Waals surface area contributed by atoms with Crippen LogP contribution in [0.3, 0.4) is 0 Å². The van der Waals surface area contributed by atoms with Crippen LogP contribution in [-0.2, 0) is 13.1 Å². The van der Waals surface area contributed by atoms with Crippen LogP contribution >= 0.6 is 11.6 Å². The highest BCUT2D eigenvalue weighted by molar-refractivity contribution is 6.32. The van der Waals surface area contributed by atoms with Crippen LogP contribution < -0.4 is 14.8 Å². The second-order valence-electron chi connectivity index (χ2n) is 4.82. The number of methoxy groups -OCH3 is 2. The van der Waals surface area contributed by atoms with E-state index in [4.69, 9.17) is 21.1 Å². The first-order chi connectivity index (χ1) is 10.1. The number of hydrogen-bond acceptors (Lipinski definition) is 4. The summed E-state index contributed by atoms with van der Waals surface area (Å²) in [6, 6.07) is 6.02. The molecule has 21 heavy (non-hydrogen) atoms. The molecule has 0 saturated carbocycles. The Morgan fingerprint density at radius 3 is 2.76 bits per heavy atom. The topological polar surface area (TPSA) is 48.3 Å². The molecule has 2 rings (SSSR count). The van der Waals surface area contributed by atoms with Gasteiger partial charge in [0.25, 0.3) is 0 Å².